The zero-order valence-corrected chi connectivity index (χ0v) is 16.0. The first kappa shape index (κ1) is 15.7. The number of thiophene rings is 1. The normalized spacial score (nSPS) is 19.7. The van der Waals surface area contributed by atoms with Crippen molar-refractivity contribution in [2.24, 2.45) is 0 Å². The molecule has 0 radical (unpaired) electrons. The van der Waals surface area contributed by atoms with Crippen molar-refractivity contribution in [3.63, 3.8) is 0 Å². The van der Waals surface area contributed by atoms with E-state index in [2.05, 4.69) is 28.7 Å². The second-order valence-electron chi connectivity index (χ2n) is 7.51. The molecule has 0 spiro atoms. The molecule has 1 N–H and O–H groups in total. The third-order valence-electron chi connectivity index (χ3n) is 5.23. The van der Waals surface area contributed by atoms with E-state index in [0.29, 0.717) is 11.2 Å². The van der Waals surface area contributed by atoms with Gasteiger partial charge in [0.2, 0.25) is 0 Å². The molecule has 2 aliphatic rings. The molecule has 0 unspecified atom stereocenters. The Bertz CT molecular complexity index is 1050. The molecule has 2 aliphatic heterocycles. The first-order chi connectivity index (χ1) is 12.0. The summed E-state index contributed by atoms with van der Waals surface area (Å²) in [6, 6.07) is 0. The van der Waals surface area contributed by atoms with E-state index in [4.69, 9.17) is 21.9 Å². The van der Waals surface area contributed by atoms with Gasteiger partial charge in [-0.15, -0.1) is 11.3 Å². The molecule has 25 heavy (non-hydrogen) atoms. The van der Waals surface area contributed by atoms with Gasteiger partial charge < -0.3 is 14.6 Å². The van der Waals surface area contributed by atoms with Crippen LogP contribution in [-0.2, 0) is 17.8 Å². The van der Waals surface area contributed by atoms with Gasteiger partial charge in [0.15, 0.2) is 0 Å². The molecule has 0 saturated carbocycles. The van der Waals surface area contributed by atoms with Gasteiger partial charge in [-0.1, -0.05) is 12.2 Å². The zero-order valence-electron chi connectivity index (χ0n) is 14.4. The van der Waals surface area contributed by atoms with Crippen LogP contribution in [0.3, 0.4) is 0 Å². The number of rotatable bonds is 1. The second-order valence-corrected chi connectivity index (χ2v) is 8.89. The summed E-state index contributed by atoms with van der Waals surface area (Å²) in [5, 5.41) is 1.21. The summed E-state index contributed by atoms with van der Waals surface area (Å²) in [6.07, 6.45) is 5.06. The Morgan fingerprint density at radius 1 is 1.28 bits per heavy atom. The number of aromatic amines is 1. The molecule has 1 saturated heterocycles. The quantitative estimate of drug-likeness (QED) is 0.644. The van der Waals surface area contributed by atoms with Gasteiger partial charge in [-0.05, 0) is 32.3 Å². The van der Waals surface area contributed by atoms with Crippen LogP contribution in [-0.4, -0.2) is 33.6 Å². The van der Waals surface area contributed by atoms with E-state index >= 15 is 0 Å². The highest BCUT2D eigenvalue weighted by Gasteiger charge is 2.33. The van der Waals surface area contributed by atoms with Crippen LogP contribution in [0.15, 0.2) is 6.33 Å². The van der Waals surface area contributed by atoms with E-state index in [0.717, 1.165) is 40.4 Å². The largest absolute Gasteiger partial charge is 0.370 e. The lowest BCUT2D eigenvalue weighted by molar-refractivity contribution is -0.0395. The molecule has 0 amide bonds. The molecule has 1 fully saturated rings. The fourth-order valence-corrected chi connectivity index (χ4v) is 5.35. The van der Waals surface area contributed by atoms with Crippen molar-refractivity contribution in [2.45, 2.75) is 45.3 Å². The van der Waals surface area contributed by atoms with Crippen molar-refractivity contribution in [1.29, 1.82) is 0 Å². The van der Waals surface area contributed by atoms with Crippen molar-refractivity contribution in [3.8, 4) is 0 Å². The Labute approximate surface area is 155 Å². The van der Waals surface area contributed by atoms with Crippen LogP contribution < -0.4 is 4.90 Å². The summed E-state index contributed by atoms with van der Waals surface area (Å²) in [5.41, 5.74) is 3.53. The molecule has 0 aliphatic carbocycles. The average Bonchev–Trinajstić information content (AvgIpc) is 3.21. The number of fused-ring (bicyclic) bond motifs is 5. The highest BCUT2D eigenvalue weighted by molar-refractivity contribution is 7.71. The van der Waals surface area contributed by atoms with Gasteiger partial charge in [-0.2, -0.15) is 0 Å². The third kappa shape index (κ3) is 2.40. The van der Waals surface area contributed by atoms with Crippen LogP contribution in [0.2, 0.25) is 0 Å². The number of pyridine rings is 1. The van der Waals surface area contributed by atoms with Crippen molar-refractivity contribution in [2.75, 3.05) is 18.0 Å². The molecule has 130 valence electrons. The summed E-state index contributed by atoms with van der Waals surface area (Å²) in [6.45, 7) is 7.12. The molecule has 0 aromatic carbocycles. The third-order valence-corrected chi connectivity index (χ3v) is 6.76. The Hall–Kier alpha value is -1.57. The van der Waals surface area contributed by atoms with Gasteiger partial charge in [0, 0.05) is 30.5 Å². The molecule has 0 atom stereocenters. The predicted octanol–water partition coefficient (Wildman–Crippen LogP) is 4.35. The molecule has 3 aromatic rings. The Morgan fingerprint density at radius 2 is 2.08 bits per heavy atom. The number of aromatic nitrogens is 3. The minimum absolute atomic E-state index is 0.165. The molecule has 5 heterocycles. The van der Waals surface area contributed by atoms with Crippen LogP contribution in [0.4, 0.5) is 5.82 Å². The summed E-state index contributed by atoms with van der Waals surface area (Å²) in [4.78, 5) is 16.1. The Kier molecular flexibility index (Phi) is 3.42. The lowest BCUT2D eigenvalue weighted by Gasteiger charge is -2.34. The number of hydrogen-bond acceptors (Lipinski definition) is 6. The van der Waals surface area contributed by atoms with Gasteiger partial charge in [0.1, 0.15) is 15.3 Å². The molecular weight excluding hydrogens is 352 g/mol. The van der Waals surface area contributed by atoms with Crippen molar-refractivity contribution in [1.82, 2.24) is 15.0 Å². The number of nitrogens with one attached hydrogen (secondary N) is 1. The van der Waals surface area contributed by atoms with Crippen LogP contribution in [0, 0.1) is 4.64 Å². The smallest absolute Gasteiger partial charge is 0.147 e. The van der Waals surface area contributed by atoms with Crippen LogP contribution in [0.5, 0.6) is 0 Å². The minimum atomic E-state index is -0.165. The monoisotopic (exact) mass is 372 g/mol. The number of ether oxygens (including phenoxy) is 1. The van der Waals surface area contributed by atoms with Gasteiger partial charge in [0.25, 0.3) is 0 Å². The predicted molar refractivity (Wildman–Crippen MR) is 104 cm³/mol. The lowest BCUT2D eigenvalue weighted by Crippen LogP contribution is -2.33. The fourth-order valence-electron chi connectivity index (χ4n) is 4.01. The molecule has 7 heteroatoms. The van der Waals surface area contributed by atoms with Gasteiger partial charge in [-0.25, -0.2) is 9.97 Å². The topological polar surface area (TPSA) is 54.0 Å². The van der Waals surface area contributed by atoms with E-state index in [1.54, 1.807) is 17.7 Å². The first-order valence-electron chi connectivity index (χ1n) is 8.74. The Morgan fingerprint density at radius 3 is 2.88 bits per heavy atom. The van der Waals surface area contributed by atoms with Crippen LogP contribution in [0.25, 0.3) is 20.4 Å². The van der Waals surface area contributed by atoms with Gasteiger partial charge in [-0.3, -0.25) is 0 Å². The van der Waals surface area contributed by atoms with Crippen molar-refractivity contribution in [3.05, 3.63) is 22.1 Å². The molecule has 5 nitrogen and oxygen atoms in total. The number of nitrogens with zero attached hydrogens (tertiary/aromatic N) is 3. The van der Waals surface area contributed by atoms with E-state index in [1.165, 1.54) is 29.4 Å². The van der Waals surface area contributed by atoms with Crippen molar-refractivity contribution >= 4 is 49.8 Å². The fraction of sp³-hybridized carbons (Fsp3) is 0.500. The average molecular weight is 373 g/mol. The van der Waals surface area contributed by atoms with Crippen molar-refractivity contribution < 1.29 is 4.74 Å². The van der Waals surface area contributed by atoms with Gasteiger partial charge >= 0.3 is 0 Å². The SMILES string of the molecule is CC1(C)Cc2c(c(N3CCCC3)nc3sc4c(=S)nc[nH]c4c23)CO1. The minimum Gasteiger partial charge on any atom is -0.370 e. The van der Waals surface area contributed by atoms with Crippen LogP contribution >= 0.6 is 23.6 Å². The van der Waals surface area contributed by atoms with Gasteiger partial charge in [0.05, 0.1) is 28.8 Å². The summed E-state index contributed by atoms with van der Waals surface area (Å²) in [5.74, 6) is 1.11. The highest BCUT2D eigenvalue weighted by atomic mass is 32.1. The number of H-pyrrole nitrogens is 1. The maximum Gasteiger partial charge on any atom is 0.147 e. The lowest BCUT2D eigenvalue weighted by atomic mass is 9.90. The van der Waals surface area contributed by atoms with E-state index in [-0.39, 0.29) is 5.60 Å². The number of hydrogen-bond donors (Lipinski definition) is 1. The van der Waals surface area contributed by atoms with E-state index in [1.807, 2.05) is 0 Å². The second kappa shape index (κ2) is 5.46. The van der Waals surface area contributed by atoms with Crippen LogP contribution in [0.1, 0.15) is 37.8 Å². The summed E-state index contributed by atoms with van der Waals surface area (Å²) < 4.78 is 7.83. The molecule has 3 aromatic heterocycles. The standard InChI is InChI=1S/C18H20N4OS2/c1-18(2)7-10-11(8-23-18)15(22-5-3-4-6-22)21-17-12(10)13-14(25-17)16(24)20-9-19-13/h9H,3-8H2,1-2H3,(H,19,20,24). The highest BCUT2D eigenvalue weighted by Crippen LogP contribution is 2.43. The maximum atomic E-state index is 6.15. The number of anilines is 1. The van der Waals surface area contributed by atoms with E-state index < -0.39 is 0 Å². The zero-order chi connectivity index (χ0) is 17.2. The molecule has 0 bridgehead atoms. The summed E-state index contributed by atoms with van der Waals surface area (Å²) >= 11 is 7.11. The molecular formula is C18H20N4OS2. The molecule has 5 rings (SSSR count). The summed E-state index contributed by atoms with van der Waals surface area (Å²) in [7, 11) is 0. The van der Waals surface area contributed by atoms with E-state index in [9.17, 15) is 0 Å². The first-order valence-corrected chi connectivity index (χ1v) is 9.96. The Balaban J connectivity index is 1.87. The maximum absolute atomic E-state index is 6.15.